The van der Waals surface area contributed by atoms with E-state index in [9.17, 15) is 4.79 Å². The summed E-state index contributed by atoms with van der Waals surface area (Å²) < 4.78 is 1.72. The van der Waals surface area contributed by atoms with Crippen LogP contribution in [0.15, 0.2) is 25.0 Å². The molecule has 3 N–H and O–H groups in total. The van der Waals surface area contributed by atoms with Crippen LogP contribution in [0.3, 0.4) is 0 Å². The van der Waals surface area contributed by atoms with Gasteiger partial charge in [-0.2, -0.15) is 0 Å². The zero-order chi connectivity index (χ0) is 11.8. The molecule has 0 spiro atoms. The Bertz CT molecular complexity index is 322. The third kappa shape index (κ3) is 4.22. The highest BCUT2D eigenvalue weighted by molar-refractivity contribution is 5.81. The van der Waals surface area contributed by atoms with Crippen LogP contribution in [0, 0.1) is 0 Å². The van der Waals surface area contributed by atoms with Crippen LogP contribution in [0.5, 0.6) is 0 Å². The molecule has 6 nitrogen and oxygen atoms in total. The molecular formula is C10H17N5O. The highest BCUT2D eigenvalue weighted by Gasteiger charge is 2.09. The molecule has 1 heterocycles. The van der Waals surface area contributed by atoms with Gasteiger partial charge < -0.3 is 11.1 Å². The smallest absolute Gasteiger partial charge is 0.237 e. The number of nitrogens with zero attached hydrogens (tertiary/aromatic N) is 3. The standard InChI is InChI=1S/C10H17N5O/c1-2-4-9(11)10(16)12-5-3-7-15-8-6-13-14-15/h2,6,8-9H,1,3-5,7,11H2,(H,12,16). The van der Waals surface area contributed by atoms with Gasteiger partial charge >= 0.3 is 0 Å². The van der Waals surface area contributed by atoms with E-state index in [1.165, 1.54) is 0 Å². The number of aromatic nitrogens is 3. The van der Waals surface area contributed by atoms with Crippen LogP contribution < -0.4 is 11.1 Å². The fourth-order valence-corrected chi connectivity index (χ4v) is 1.22. The van der Waals surface area contributed by atoms with E-state index in [0.717, 1.165) is 13.0 Å². The molecule has 0 aliphatic heterocycles. The van der Waals surface area contributed by atoms with Gasteiger partial charge in [-0.1, -0.05) is 11.3 Å². The number of aryl methyl sites for hydroxylation is 1. The lowest BCUT2D eigenvalue weighted by molar-refractivity contribution is -0.122. The van der Waals surface area contributed by atoms with E-state index in [1.807, 2.05) is 0 Å². The number of nitrogens with one attached hydrogen (secondary N) is 1. The second-order valence-corrected chi connectivity index (χ2v) is 3.44. The monoisotopic (exact) mass is 223 g/mol. The summed E-state index contributed by atoms with van der Waals surface area (Å²) in [6.07, 6.45) is 6.34. The number of amides is 1. The fraction of sp³-hybridized carbons (Fsp3) is 0.500. The summed E-state index contributed by atoms with van der Waals surface area (Å²) >= 11 is 0. The minimum Gasteiger partial charge on any atom is -0.355 e. The van der Waals surface area contributed by atoms with Crippen molar-refractivity contribution in [3.63, 3.8) is 0 Å². The molecular weight excluding hydrogens is 206 g/mol. The number of carbonyl (C=O) groups excluding carboxylic acids is 1. The summed E-state index contributed by atoms with van der Waals surface area (Å²) in [5.41, 5.74) is 5.59. The second-order valence-electron chi connectivity index (χ2n) is 3.44. The SMILES string of the molecule is C=CCC(N)C(=O)NCCCn1ccnn1. The first kappa shape index (κ1) is 12.4. The molecule has 0 bridgehead atoms. The molecule has 0 aliphatic carbocycles. The van der Waals surface area contributed by atoms with Gasteiger partial charge in [0.2, 0.25) is 5.91 Å². The van der Waals surface area contributed by atoms with Gasteiger partial charge in [0, 0.05) is 19.3 Å². The summed E-state index contributed by atoms with van der Waals surface area (Å²) in [4.78, 5) is 11.4. The normalized spacial score (nSPS) is 12.1. The molecule has 0 saturated heterocycles. The van der Waals surface area contributed by atoms with Gasteiger partial charge in [-0.15, -0.1) is 11.7 Å². The maximum absolute atomic E-state index is 11.4. The highest BCUT2D eigenvalue weighted by Crippen LogP contribution is 1.90. The van der Waals surface area contributed by atoms with Crippen molar-refractivity contribution >= 4 is 5.91 Å². The molecule has 1 aromatic rings. The Balaban J connectivity index is 2.11. The van der Waals surface area contributed by atoms with Crippen LogP contribution in [0.1, 0.15) is 12.8 Å². The highest BCUT2D eigenvalue weighted by atomic mass is 16.2. The Labute approximate surface area is 94.5 Å². The molecule has 16 heavy (non-hydrogen) atoms. The van der Waals surface area contributed by atoms with E-state index in [1.54, 1.807) is 23.2 Å². The molecule has 88 valence electrons. The number of carbonyl (C=O) groups is 1. The van der Waals surface area contributed by atoms with Gasteiger partial charge in [0.1, 0.15) is 0 Å². The maximum Gasteiger partial charge on any atom is 0.237 e. The lowest BCUT2D eigenvalue weighted by Gasteiger charge is -2.09. The Morgan fingerprint density at radius 3 is 3.12 bits per heavy atom. The van der Waals surface area contributed by atoms with E-state index >= 15 is 0 Å². The summed E-state index contributed by atoms with van der Waals surface area (Å²) in [6, 6.07) is -0.496. The number of nitrogens with two attached hydrogens (primary N) is 1. The van der Waals surface area contributed by atoms with Crippen molar-refractivity contribution in [2.45, 2.75) is 25.4 Å². The molecule has 1 aromatic heterocycles. The Hall–Kier alpha value is -1.69. The van der Waals surface area contributed by atoms with Crippen molar-refractivity contribution in [2.75, 3.05) is 6.54 Å². The van der Waals surface area contributed by atoms with E-state index in [2.05, 4.69) is 22.2 Å². The summed E-state index contributed by atoms with van der Waals surface area (Å²) in [6.45, 7) is 4.85. The van der Waals surface area contributed by atoms with Crippen molar-refractivity contribution in [1.82, 2.24) is 20.3 Å². The molecule has 1 amide bonds. The Kier molecular flexibility index (Phi) is 5.21. The van der Waals surface area contributed by atoms with Crippen molar-refractivity contribution < 1.29 is 4.79 Å². The third-order valence-electron chi connectivity index (χ3n) is 2.09. The van der Waals surface area contributed by atoms with E-state index in [0.29, 0.717) is 13.0 Å². The van der Waals surface area contributed by atoms with Crippen molar-refractivity contribution in [1.29, 1.82) is 0 Å². The predicted octanol–water partition coefficient (Wildman–Crippen LogP) is -0.312. The summed E-state index contributed by atoms with van der Waals surface area (Å²) in [7, 11) is 0. The molecule has 6 heteroatoms. The van der Waals surface area contributed by atoms with Gasteiger partial charge in [0.25, 0.3) is 0 Å². The zero-order valence-corrected chi connectivity index (χ0v) is 9.17. The van der Waals surface area contributed by atoms with E-state index < -0.39 is 6.04 Å². The number of rotatable bonds is 7. The molecule has 0 aromatic carbocycles. The number of hydrogen-bond donors (Lipinski definition) is 2. The Morgan fingerprint density at radius 1 is 1.69 bits per heavy atom. The predicted molar refractivity (Wildman–Crippen MR) is 60.4 cm³/mol. The zero-order valence-electron chi connectivity index (χ0n) is 9.17. The van der Waals surface area contributed by atoms with Crippen LogP contribution in [-0.2, 0) is 11.3 Å². The lowest BCUT2D eigenvalue weighted by atomic mass is 10.2. The van der Waals surface area contributed by atoms with Crippen LogP contribution in [0.4, 0.5) is 0 Å². The molecule has 0 aliphatic rings. The molecule has 0 fully saturated rings. The van der Waals surface area contributed by atoms with Crippen molar-refractivity contribution in [3.05, 3.63) is 25.0 Å². The second kappa shape index (κ2) is 6.73. The average Bonchev–Trinajstić information content (AvgIpc) is 2.77. The Morgan fingerprint density at radius 2 is 2.50 bits per heavy atom. The molecule has 0 radical (unpaired) electrons. The molecule has 1 rings (SSSR count). The van der Waals surface area contributed by atoms with Crippen LogP contribution in [0.25, 0.3) is 0 Å². The number of hydrogen-bond acceptors (Lipinski definition) is 4. The van der Waals surface area contributed by atoms with Gasteiger partial charge in [-0.05, 0) is 12.8 Å². The first-order valence-corrected chi connectivity index (χ1v) is 5.22. The average molecular weight is 223 g/mol. The van der Waals surface area contributed by atoms with Crippen LogP contribution >= 0.6 is 0 Å². The van der Waals surface area contributed by atoms with Crippen molar-refractivity contribution in [2.24, 2.45) is 5.73 Å². The van der Waals surface area contributed by atoms with Gasteiger partial charge in [-0.25, -0.2) is 0 Å². The lowest BCUT2D eigenvalue weighted by Crippen LogP contribution is -2.40. The summed E-state index contributed by atoms with van der Waals surface area (Å²) in [5, 5.41) is 10.3. The molecule has 0 saturated carbocycles. The first-order valence-electron chi connectivity index (χ1n) is 5.22. The largest absolute Gasteiger partial charge is 0.355 e. The van der Waals surface area contributed by atoms with E-state index in [4.69, 9.17) is 5.73 Å². The minimum atomic E-state index is -0.496. The van der Waals surface area contributed by atoms with Crippen LogP contribution in [-0.4, -0.2) is 33.5 Å². The fourth-order valence-electron chi connectivity index (χ4n) is 1.22. The van der Waals surface area contributed by atoms with Gasteiger partial charge in [-0.3, -0.25) is 9.48 Å². The van der Waals surface area contributed by atoms with Crippen LogP contribution in [0.2, 0.25) is 0 Å². The third-order valence-corrected chi connectivity index (χ3v) is 2.09. The summed E-state index contributed by atoms with van der Waals surface area (Å²) in [5.74, 6) is -0.140. The topological polar surface area (TPSA) is 85.8 Å². The molecule has 1 atom stereocenters. The first-order chi connectivity index (χ1) is 7.74. The quantitative estimate of drug-likeness (QED) is 0.490. The minimum absolute atomic E-state index is 0.140. The van der Waals surface area contributed by atoms with Gasteiger partial charge in [0.05, 0.1) is 12.2 Å². The van der Waals surface area contributed by atoms with Crippen molar-refractivity contribution in [3.8, 4) is 0 Å². The van der Waals surface area contributed by atoms with Gasteiger partial charge in [0.15, 0.2) is 0 Å². The molecule has 1 unspecified atom stereocenters. The maximum atomic E-state index is 11.4. The van der Waals surface area contributed by atoms with E-state index in [-0.39, 0.29) is 5.91 Å².